The van der Waals surface area contributed by atoms with Crippen LogP contribution >= 0.6 is 34.8 Å². The molecular formula is C9H3Cl3N2O3. The Bertz CT molecular complexity index is 583. The highest BCUT2D eigenvalue weighted by molar-refractivity contribution is 6.73. The van der Waals surface area contributed by atoms with Gasteiger partial charge in [-0.2, -0.15) is 0 Å². The van der Waals surface area contributed by atoms with Gasteiger partial charge in [0.2, 0.25) is 0 Å². The number of amides is 1. The van der Waals surface area contributed by atoms with Gasteiger partial charge in [0.25, 0.3) is 11.7 Å². The van der Waals surface area contributed by atoms with Crippen molar-refractivity contribution < 1.29 is 14.8 Å². The predicted octanol–water partition coefficient (Wildman–Crippen LogP) is 2.35. The molecule has 1 heterocycles. The van der Waals surface area contributed by atoms with Crippen molar-refractivity contribution in [3.05, 3.63) is 26.7 Å². The van der Waals surface area contributed by atoms with Gasteiger partial charge in [0.05, 0.1) is 26.3 Å². The zero-order chi connectivity index (χ0) is 12.7. The van der Waals surface area contributed by atoms with Gasteiger partial charge in [-0.05, 0) is 6.07 Å². The molecule has 8 heteroatoms. The standard InChI is InChI=1S/C9H3Cl3N2O3/c10-2-1-3-4(6(12)5(2)11)7(14-17)8(15)9(16)13-3/h1,17H,(H,13,16). The van der Waals surface area contributed by atoms with Gasteiger partial charge in [0.1, 0.15) is 0 Å². The lowest BCUT2D eigenvalue weighted by molar-refractivity contribution is -0.131. The van der Waals surface area contributed by atoms with Crippen LogP contribution in [0.3, 0.4) is 0 Å². The topological polar surface area (TPSA) is 78.8 Å². The first-order chi connectivity index (χ1) is 7.97. The largest absolute Gasteiger partial charge is 0.410 e. The average molecular weight is 293 g/mol. The Balaban J connectivity index is 2.81. The molecule has 1 aliphatic heterocycles. The zero-order valence-electron chi connectivity index (χ0n) is 7.92. The second-order valence-corrected chi connectivity index (χ2v) is 4.30. The Kier molecular flexibility index (Phi) is 2.99. The molecule has 0 bridgehead atoms. The Labute approximate surface area is 110 Å². The minimum atomic E-state index is -1.000. The van der Waals surface area contributed by atoms with Crippen molar-refractivity contribution in [2.24, 2.45) is 5.16 Å². The summed E-state index contributed by atoms with van der Waals surface area (Å²) in [6.45, 7) is 0. The van der Waals surface area contributed by atoms with E-state index in [-0.39, 0.29) is 26.3 Å². The first-order valence-corrected chi connectivity index (χ1v) is 5.36. The van der Waals surface area contributed by atoms with Crippen molar-refractivity contribution >= 4 is 57.9 Å². The van der Waals surface area contributed by atoms with Crippen LogP contribution in [0.5, 0.6) is 0 Å². The number of oxime groups is 1. The highest BCUT2D eigenvalue weighted by Gasteiger charge is 2.34. The maximum absolute atomic E-state index is 11.4. The van der Waals surface area contributed by atoms with Gasteiger partial charge in [-0.3, -0.25) is 9.59 Å². The van der Waals surface area contributed by atoms with Gasteiger partial charge in [-0.15, -0.1) is 0 Å². The number of ketones is 1. The van der Waals surface area contributed by atoms with Crippen molar-refractivity contribution in [3.8, 4) is 0 Å². The maximum atomic E-state index is 11.4. The van der Waals surface area contributed by atoms with Crippen LogP contribution in [0.2, 0.25) is 15.1 Å². The molecule has 1 aromatic carbocycles. The van der Waals surface area contributed by atoms with Crippen molar-refractivity contribution in [1.29, 1.82) is 0 Å². The summed E-state index contributed by atoms with van der Waals surface area (Å²) in [7, 11) is 0. The molecule has 0 aromatic heterocycles. The lowest BCUT2D eigenvalue weighted by Crippen LogP contribution is -2.36. The van der Waals surface area contributed by atoms with E-state index in [1.807, 2.05) is 0 Å². The molecule has 1 aromatic rings. The monoisotopic (exact) mass is 292 g/mol. The molecule has 0 radical (unpaired) electrons. The van der Waals surface area contributed by atoms with E-state index in [0.29, 0.717) is 0 Å². The predicted molar refractivity (Wildman–Crippen MR) is 63.4 cm³/mol. The highest BCUT2D eigenvalue weighted by Crippen LogP contribution is 2.39. The summed E-state index contributed by atoms with van der Waals surface area (Å²) in [5, 5.41) is 13.9. The van der Waals surface area contributed by atoms with Crippen molar-refractivity contribution in [3.63, 3.8) is 0 Å². The third kappa shape index (κ3) is 1.76. The van der Waals surface area contributed by atoms with Crippen LogP contribution in [0.1, 0.15) is 5.56 Å². The fourth-order valence-corrected chi connectivity index (χ4v) is 2.11. The maximum Gasteiger partial charge on any atom is 0.298 e. The molecule has 1 amide bonds. The van der Waals surface area contributed by atoms with Crippen molar-refractivity contribution in [2.75, 3.05) is 5.32 Å². The fourth-order valence-electron chi connectivity index (χ4n) is 1.42. The molecule has 2 rings (SSSR count). The molecule has 0 aliphatic carbocycles. The van der Waals surface area contributed by atoms with Crippen molar-refractivity contribution in [2.45, 2.75) is 0 Å². The third-order valence-electron chi connectivity index (χ3n) is 2.17. The highest BCUT2D eigenvalue weighted by atomic mass is 35.5. The van der Waals surface area contributed by atoms with E-state index in [9.17, 15) is 9.59 Å². The van der Waals surface area contributed by atoms with Gasteiger partial charge in [0, 0.05) is 0 Å². The minimum Gasteiger partial charge on any atom is -0.410 e. The Morgan fingerprint density at radius 1 is 1.18 bits per heavy atom. The number of nitrogens with one attached hydrogen (secondary N) is 1. The molecule has 0 saturated heterocycles. The van der Waals surface area contributed by atoms with Gasteiger partial charge < -0.3 is 10.5 Å². The van der Waals surface area contributed by atoms with Crippen LogP contribution in [0.4, 0.5) is 5.69 Å². The average Bonchev–Trinajstić information content (AvgIpc) is 2.29. The number of halogens is 3. The van der Waals surface area contributed by atoms with Crippen LogP contribution in [0.15, 0.2) is 11.2 Å². The number of carbonyl (C=O) groups is 2. The number of anilines is 1. The number of Topliss-reactive ketones (excluding diaryl/α,β-unsaturated/α-hetero) is 1. The van der Waals surface area contributed by atoms with Crippen LogP contribution in [0.25, 0.3) is 0 Å². The summed E-state index contributed by atoms with van der Waals surface area (Å²) < 4.78 is 0. The lowest BCUT2D eigenvalue weighted by Gasteiger charge is -2.18. The van der Waals surface area contributed by atoms with Crippen LogP contribution in [0, 0.1) is 0 Å². The molecule has 1 aliphatic rings. The summed E-state index contributed by atoms with van der Waals surface area (Å²) in [4.78, 5) is 22.7. The van der Waals surface area contributed by atoms with E-state index in [0.717, 1.165) is 0 Å². The molecule has 0 fully saturated rings. The van der Waals surface area contributed by atoms with Gasteiger partial charge in [0.15, 0.2) is 5.71 Å². The molecule has 17 heavy (non-hydrogen) atoms. The fraction of sp³-hybridized carbons (Fsp3) is 0. The van der Waals surface area contributed by atoms with E-state index in [4.69, 9.17) is 40.0 Å². The number of hydrogen-bond acceptors (Lipinski definition) is 4. The van der Waals surface area contributed by atoms with Crippen molar-refractivity contribution in [1.82, 2.24) is 0 Å². The van der Waals surface area contributed by atoms with Gasteiger partial charge in [-0.1, -0.05) is 40.0 Å². The normalized spacial score (nSPS) is 17.0. The Morgan fingerprint density at radius 2 is 1.82 bits per heavy atom. The summed E-state index contributed by atoms with van der Waals surface area (Å²) >= 11 is 17.5. The number of nitrogens with zero attached hydrogens (tertiary/aromatic N) is 1. The number of benzene rings is 1. The minimum absolute atomic E-state index is 0.0113. The zero-order valence-corrected chi connectivity index (χ0v) is 10.2. The van der Waals surface area contributed by atoms with Crippen LogP contribution in [-0.2, 0) is 9.59 Å². The third-order valence-corrected chi connectivity index (χ3v) is 3.43. The molecule has 2 N–H and O–H groups in total. The summed E-state index contributed by atoms with van der Waals surface area (Å²) in [6.07, 6.45) is 0. The summed E-state index contributed by atoms with van der Waals surface area (Å²) in [5.74, 6) is -1.93. The van der Waals surface area contributed by atoms with E-state index >= 15 is 0 Å². The molecule has 5 nitrogen and oxygen atoms in total. The Morgan fingerprint density at radius 3 is 2.41 bits per heavy atom. The summed E-state index contributed by atoms with van der Waals surface area (Å²) in [6, 6.07) is 1.32. The number of carbonyl (C=O) groups excluding carboxylic acids is 2. The van der Waals surface area contributed by atoms with Gasteiger partial charge in [-0.25, -0.2) is 0 Å². The van der Waals surface area contributed by atoms with Gasteiger partial charge >= 0.3 is 0 Å². The second kappa shape index (κ2) is 4.18. The smallest absolute Gasteiger partial charge is 0.298 e. The SMILES string of the molecule is O=C1Nc2cc(Cl)c(Cl)c(Cl)c2C(=NO)C1=O. The second-order valence-electron chi connectivity index (χ2n) is 3.14. The molecule has 0 unspecified atom stereocenters. The first-order valence-electron chi connectivity index (χ1n) is 4.23. The van der Waals surface area contributed by atoms with E-state index < -0.39 is 17.4 Å². The summed E-state index contributed by atoms with van der Waals surface area (Å²) in [5.41, 5.74) is -0.248. The van der Waals surface area contributed by atoms with E-state index in [1.165, 1.54) is 6.07 Å². The number of fused-ring (bicyclic) bond motifs is 1. The Hall–Kier alpha value is -1.30. The molecular weight excluding hydrogens is 290 g/mol. The molecule has 0 atom stereocenters. The van der Waals surface area contributed by atoms with E-state index in [1.54, 1.807) is 0 Å². The van der Waals surface area contributed by atoms with Crippen LogP contribution < -0.4 is 5.32 Å². The number of rotatable bonds is 0. The number of hydrogen-bond donors (Lipinski definition) is 2. The molecule has 88 valence electrons. The molecule has 0 spiro atoms. The first kappa shape index (κ1) is 12.2. The lowest BCUT2D eigenvalue weighted by atomic mass is 9.99. The molecule has 0 saturated carbocycles. The van der Waals surface area contributed by atoms with E-state index in [2.05, 4.69) is 10.5 Å². The van der Waals surface area contributed by atoms with Crippen LogP contribution in [-0.4, -0.2) is 22.6 Å². The quantitative estimate of drug-likeness (QED) is 0.333.